The summed E-state index contributed by atoms with van der Waals surface area (Å²) < 4.78 is 23.8. The summed E-state index contributed by atoms with van der Waals surface area (Å²) in [6, 6.07) is 7.88. The Bertz CT molecular complexity index is 622. The van der Waals surface area contributed by atoms with E-state index in [1.807, 2.05) is 0 Å². The second-order valence-corrected chi connectivity index (χ2v) is 6.34. The minimum atomic E-state index is -3.60. The molecule has 0 atom stereocenters. The van der Waals surface area contributed by atoms with Gasteiger partial charge in [0, 0.05) is 11.6 Å². The number of aromatic nitrogens is 1. The van der Waals surface area contributed by atoms with Crippen LogP contribution in [-0.2, 0) is 14.6 Å². The summed E-state index contributed by atoms with van der Waals surface area (Å²) in [6.45, 7) is 0. The van der Waals surface area contributed by atoms with Gasteiger partial charge in [0.05, 0.1) is 4.90 Å². The molecule has 0 spiro atoms. The standard InChI is InChI=1S/C11H10N2O3S2/c14-10(13-11-12-6-7-17-11)8-18(15,16)9-4-2-1-3-5-9/h1-7H,8H2,(H,12,13,14). The maximum absolute atomic E-state index is 11.9. The Morgan fingerprint density at radius 1 is 1.28 bits per heavy atom. The number of anilines is 1. The smallest absolute Gasteiger partial charge is 0.241 e. The molecule has 0 aliphatic carbocycles. The molecule has 0 bridgehead atoms. The van der Waals surface area contributed by atoms with Crippen LogP contribution in [0.2, 0.25) is 0 Å². The van der Waals surface area contributed by atoms with E-state index in [0.29, 0.717) is 5.13 Å². The molecule has 5 nitrogen and oxygen atoms in total. The second kappa shape index (κ2) is 5.28. The van der Waals surface area contributed by atoms with E-state index in [1.54, 1.807) is 23.6 Å². The highest BCUT2D eigenvalue weighted by Gasteiger charge is 2.19. The van der Waals surface area contributed by atoms with E-state index in [4.69, 9.17) is 0 Å². The van der Waals surface area contributed by atoms with Crippen LogP contribution in [0.1, 0.15) is 0 Å². The van der Waals surface area contributed by atoms with Crippen molar-refractivity contribution in [3.05, 3.63) is 41.9 Å². The van der Waals surface area contributed by atoms with Crippen LogP contribution in [0.5, 0.6) is 0 Å². The van der Waals surface area contributed by atoms with Gasteiger partial charge in [-0.3, -0.25) is 4.79 Å². The molecule has 1 aromatic carbocycles. The van der Waals surface area contributed by atoms with E-state index < -0.39 is 21.5 Å². The van der Waals surface area contributed by atoms with Crippen LogP contribution < -0.4 is 5.32 Å². The fraction of sp³-hybridized carbons (Fsp3) is 0.0909. The Hall–Kier alpha value is -1.73. The maximum atomic E-state index is 11.9. The van der Waals surface area contributed by atoms with Gasteiger partial charge in [-0.05, 0) is 12.1 Å². The minimum Gasteiger partial charge on any atom is -0.301 e. The quantitative estimate of drug-likeness (QED) is 0.923. The number of carbonyl (C=O) groups is 1. The third-order valence-electron chi connectivity index (χ3n) is 2.10. The van der Waals surface area contributed by atoms with Crippen molar-refractivity contribution in [3.63, 3.8) is 0 Å². The molecular formula is C11H10N2O3S2. The molecule has 2 rings (SSSR count). The number of nitrogens with zero attached hydrogens (tertiary/aromatic N) is 1. The molecule has 1 heterocycles. The first-order valence-corrected chi connectivity index (χ1v) is 7.58. The number of nitrogens with one attached hydrogen (secondary N) is 1. The molecule has 0 unspecified atom stereocenters. The number of benzene rings is 1. The van der Waals surface area contributed by atoms with Crippen molar-refractivity contribution in [2.75, 3.05) is 11.1 Å². The molecule has 0 radical (unpaired) electrons. The molecule has 0 aliphatic rings. The zero-order chi connectivity index (χ0) is 13.0. The van der Waals surface area contributed by atoms with Crippen LogP contribution >= 0.6 is 11.3 Å². The lowest BCUT2D eigenvalue weighted by Gasteiger charge is -2.03. The molecule has 2 aromatic rings. The van der Waals surface area contributed by atoms with Gasteiger partial charge >= 0.3 is 0 Å². The van der Waals surface area contributed by atoms with Gasteiger partial charge in [0.2, 0.25) is 5.91 Å². The van der Waals surface area contributed by atoms with E-state index >= 15 is 0 Å². The zero-order valence-corrected chi connectivity index (χ0v) is 10.9. The predicted octanol–water partition coefficient (Wildman–Crippen LogP) is 1.56. The largest absolute Gasteiger partial charge is 0.301 e. The van der Waals surface area contributed by atoms with Crippen molar-refractivity contribution in [1.82, 2.24) is 4.98 Å². The van der Waals surface area contributed by atoms with Gasteiger partial charge in [0.25, 0.3) is 0 Å². The van der Waals surface area contributed by atoms with Gasteiger partial charge in [0.1, 0.15) is 5.75 Å². The van der Waals surface area contributed by atoms with Crippen molar-refractivity contribution in [1.29, 1.82) is 0 Å². The van der Waals surface area contributed by atoms with E-state index in [0.717, 1.165) is 0 Å². The Labute approximate surface area is 108 Å². The van der Waals surface area contributed by atoms with Gasteiger partial charge in [-0.25, -0.2) is 13.4 Å². The predicted molar refractivity (Wildman–Crippen MR) is 69.2 cm³/mol. The lowest BCUT2D eigenvalue weighted by Crippen LogP contribution is -2.22. The Morgan fingerprint density at radius 3 is 2.61 bits per heavy atom. The number of sulfone groups is 1. The fourth-order valence-corrected chi connectivity index (χ4v) is 3.03. The van der Waals surface area contributed by atoms with E-state index in [2.05, 4.69) is 10.3 Å². The number of thiazole rings is 1. The number of carbonyl (C=O) groups excluding carboxylic acids is 1. The van der Waals surface area contributed by atoms with Gasteiger partial charge in [0.15, 0.2) is 15.0 Å². The highest BCUT2D eigenvalue weighted by Crippen LogP contribution is 2.13. The molecule has 0 aliphatic heterocycles. The van der Waals surface area contributed by atoms with Gasteiger partial charge in [-0.2, -0.15) is 0 Å². The first-order valence-electron chi connectivity index (χ1n) is 5.05. The SMILES string of the molecule is O=C(CS(=O)(=O)c1ccccc1)Nc1nccs1. The summed E-state index contributed by atoms with van der Waals surface area (Å²) in [7, 11) is -3.60. The van der Waals surface area contributed by atoms with Crippen LogP contribution in [0.25, 0.3) is 0 Å². The first kappa shape index (κ1) is 12.7. The van der Waals surface area contributed by atoms with Gasteiger partial charge < -0.3 is 5.32 Å². The first-order chi connectivity index (χ1) is 8.58. The minimum absolute atomic E-state index is 0.138. The van der Waals surface area contributed by atoms with Crippen LogP contribution in [0.15, 0.2) is 46.8 Å². The van der Waals surface area contributed by atoms with Crippen molar-refractivity contribution in [3.8, 4) is 0 Å². The van der Waals surface area contributed by atoms with Crippen LogP contribution in [0.4, 0.5) is 5.13 Å². The normalized spacial score (nSPS) is 11.1. The van der Waals surface area contributed by atoms with Crippen molar-refractivity contribution < 1.29 is 13.2 Å². The average molecular weight is 282 g/mol. The summed E-state index contributed by atoms with van der Waals surface area (Å²) in [6.07, 6.45) is 1.53. The summed E-state index contributed by atoms with van der Waals surface area (Å²) in [5, 5.41) is 4.52. The number of hydrogen-bond acceptors (Lipinski definition) is 5. The lowest BCUT2D eigenvalue weighted by atomic mass is 10.4. The van der Waals surface area contributed by atoms with E-state index in [1.165, 1.54) is 29.7 Å². The number of rotatable bonds is 4. The summed E-state index contributed by atoms with van der Waals surface area (Å²) >= 11 is 1.24. The molecule has 7 heteroatoms. The van der Waals surface area contributed by atoms with Gasteiger partial charge in [-0.15, -0.1) is 11.3 Å². The van der Waals surface area contributed by atoms with Crippen molar-refractivity contribution >= 4 is 32.2 Å². The maximum Gasteiger partial charge on any atom is 0.241 e. The molecule has 1 amide bonds. The van der Waals surface area contributed by atoms with Crippen LogP contribution in [0.3, 0.4) is 0 Å². The molecule has 0 fully saturated rings. The van der Waals surface area contributed by atoms with E-state index in [9.17, 15) is 13.2 Å². The van der Waals surface area contributed by atoms with Gasteiger partial charge in [-0.1, -0.05) is 18.2 Å². The third-order valence-corrected chi connectivity index (χ3v) is 4.42. The Balaban J connectivity index is 2.07. The van der Waals surface area contributed by atoms with Crippen LogP contribution in [0, 0.1) is 0 Å². The zero-order valence-electron chi connectivity index (χ0n) is 9.24. The highest BCUT2D eigenvalue weighted by molar-refractivity contribution is 7.92. The molecule has 0 saturated heterocycles. The Morgan fingerprint density at radius 2 is 2.00 bits per heavy atom. The summed E-state index contributed by atoms with van der Waals surface area (Å²) in [4.78, 5) is 15.6. The lowest BCUT2D eigenvalue weighted by molar-refractivity contribution is -0.113. The molecular weight excluding hydrogens is 272 g/mol. The number of hydrogen-bond donors (Lipinski definition) is 1. The summed E-state index contributed by atoms with van der Waals surface area (Å²) in [5.41, 5.74) is 0. The Kier molecular flexibility index (Phi) is 3.73. The molecule has 1 aromatic heterocycles. The molecule has 0 saturated carbocycles. The van der Waals surface area contributed by atoms with Crippen LogP contribution in [-0.4, -0.2) is 25.1 Å². The third kappa shape index (κ3) is 3.14. The second-order valence-electron chi connectivity index (χ2n) is 3.46. The molecule has 1 N–H and O–H groups in total. The monoisotopic (exact) mass is 282 g/mol. The highest BCUT2D eigenvalue weighted by atomic mass is 32.2. The fourth-order valence-electron chi connectivity index (χ4n) is 1.32. The van der Waals surface area contributed by atoms with Crippen molar-refractivity contribution in [2.45, 2.75) is 4.90 Å². The van der Waals surface area contributed by atoms with Crippen molar-refractivity contribution in [2.24, 2.45) is 0 Å². The molecule has 18 heavy (non-hydrogen) atoms. The number of amides is 1. The topological polar surface area (TPSA) is 76.1 Å². The average Bonchev–Trinajstić information content (AvgIpc) is 2.82. The van der Waals surface area contributed by atoms with E-state index in [-0.39, 0.29) is 4.90 Å². The molecule has 94 valence electrons. The summed E-state index contributed by atoms with van der Waals surface area (Å²) in [5.74, 6) is -1.18.